The standard InChI is InChI=1S/C19H28N2O2/c1-3-19(4-2,13-20)21-18(23)11-10-17(22)16-9-8-14-6-5-7-15(14)12-16/h8-9,12H,3-7,10-11,13,20H2,1-2H3,(H,21,23). The first-order chi connectivity index (χ1) is 11.0. The number of carbonyl (C=O) groups is 2. The summed E-state index contributed by atoms with van der Waals surface area (Å²) in [6.45, 7) is 4.46. The van der Waals surface area contributed by atoms with E-state index in [0.29, 0.717) is 6.54 Å². The van der Waals surface area contributed by atoms with Crippen molar-refractivity contribution in [3.05, 3.63) is 34.9 Å². The highest BCUT2D eigenvalue weighted by Gasteiger charge is 2.26. The smallest absolute Gasteiger partial charge is 0.220 e. The van der Waals surface area contributed by atoms with Gasteiger partial charge in [-0.15, -0.1) is 0 Å². The second kappa shape index (κ2) is 7.73. The molecule has 1 aliphatic rings. The molecule has 0 spiro atoms. The highest BCUT2D eigenvalue weighted by atomic mass is 16.2. The van der Waals surface area contributed by atoms with Gasteiger partial charge in [0.1, 0.15) is 0 Å². The van der Waals surface area contributed by atoms with Gasteiger partial charge in [0.25, 0.3) is 0 Å². The molecule has 1 aliphatic carbocycles. The molecule has 0 bridgehead atoms. The van der Waals surface area contributed by atoms with Crippen LogP contribution < -0.4 is 11.1 Å². The van der Waals surface area contributed by atoms with Gasteiger partial charge in [-0.25, -0.2) is 0 Å². The van der Waals surface area contributed by atoms with E-state index in [2.05, 4.69) is 11.4 Å². The third-order valence-electron chi connectivity index (χ3n) is 5.15. The van der Waals surface area contributed by atoms with Crippen LogP contribution in [0.3, 0.4) is 0 Å². The summed E-state index contributed by atoms with van der Waals surface area (Å²) in [5.41, 5.74) is 8.84. The normalized spacial score (nSPS) is 13.7. The fourth-order valence-electron chi connectivity index (χ4n) is 3.24. The molecule has 0 unspecified atom stereocenters. The highest BCUT2D eigenvalue weighted by molar-refractivity contribution is 5.98. The van der Waals surface area contributed by atoms with Crippen molar-refractivity contribution in [2.75, 3.05) is 6.54 Å². The van der Waals surface area contributed by atoms with Gasteiger partial charge in [0.2, 0.25) is 5.91 Å². The SMILES string of the molecule is CCC(CC)(CN)NC(=O)CCC(=O)c1ccc2c(c1)CCC2. The Balaban J connectivity index is 1.90. The number of hydrogen-bond donors (Lipinski definition) is 2. The van der Waals surface area contributed by atoms with Crippen LogP contribution in [0.4, 0.5) is 0 Å². The lowest BCUT2D eigenvalue weighted by Crippen LogP contribution is -2.52. The molecule has 3 N–H and O–H groups in total. The highest BCUT2D eigenvalue weighted by Crippen LogP contribution is 2.23. The van der Waals surface area contributed by atoms with E-state index in [0.717, 1.165) is 31.2 Å². The number of fused-ring (bicyclic) bond motifs is 1. The van der Waals surface area contributed by atoms with Gasteiger partial charge in [0.05, 0.1) is 5.54 Å². The predicted molar refractivity (Wildman–Crippen MR) is 92.5 cm³/mol. The van der Waals surface area contributed by atoms with Crippen LogP contribution in [0.25, 0.3) is 0 Å². The Morgan fingerprint density at radius 3 is 2.48 bits per heavy atom. The molecule has 4 heteroatoms. The van der Waals surface area contributed by atoms with Crippen molar-refractivity contribution in [1.82, 2.24) is 5.32 Å². The Morgan fingerprint density at radius 1 is 1.13 bits per heavy atom. The number of nitrogens with one attached hydrogen (secondary N) is 1. The van der Waals surface area contributed by atoms with Crippen molar-refractivity contribution in [3.63, 3.8) is 0 Å². The number of aryl methyl sites for hydroxylation is 2. The van der Waals surface area contributed by atoms with Gasteiger partial charge in [-0.1, -0.05) is 26.0 Å². The fraction of sp³-hybridized carbons (Fsp3) is 0.579. The third kappa shape index (κ3) is 4.20. The number of carbonyl (C=O) groups excluding carboxylic acids is 2. The van der Waals surface area contributed by atoms with Gasteiger partial charge >= 0.3 is 0 Å². The van der Waals surface area contributed by atoms with Crippen LogP contribution in [0.15, 0.2) is 18.2 Å². The van der Waals surface area contributed by atoms with Crippen LogP contribution in [0.1, 0.15) is 67.4 Å². The van der Waals surface area contributed by atoms with Gasteiger partial charge in [-0.05, 0) is 49.3 Å². The number of nitrogens with two attached hydrogens (primary N) is 1. The zero-order valence-corrected chi connectivity index (χ0v) is 14.3. The molecule has 2 rings (SSSR count). The summed E-state index contributed by atoms with van der Waals surface area (Å²) in [5.74, 6) is -0.0464. The maximum absolute atomic E-state index is 12.3. The summed E-state index contributed by atoms with van der Waals surface area (Å²) in [6, 6.07) is 5.96. The lowest BCUT2D eigenvalue weighted by atomic mass is 9.92. The summed E-state index contributed by atoms with van der Waals surface area (Å²) < 4.78 is 0. The van der Waals surface area contributed by atoms with Crippen LogP contribution in [-0.4, -0.2) is 23.8 Å². The van der Waals surface area contributed by atoms with Crippen molar-refractivity contribution in [3.8, 4) is 0 Å². The number of ketones is 1. The molecule has 1 aromatic carbocycles. The monoisotopic (exact) mass is 316 g/mol. The van der Waals surface area contributed by atoms with Crippen LogP contribution in [-0.2, 0) is 17.6 Å². The van der Waals surface area contributed by atoms with Crippen molar-refractivity contribution < 1.29 is 9.59 Å². The fourth-order valence-corrected chi connectivity index (χ4v) is 3.24. The second-order valence-electron chi connectivity index (χ2n) is 6.50. The Bertz CT molecular complexity index is 568. The molecule has 0 saturated heterocycles. The Labute approximate surface area is 138 Å². The molecule has 0 saturated carbocycles. The van der Waals surface area contributed by atoms with Gasteiger partial charge in [0.15, 0.2) is 5.78 Å². The van der Waals surface area contributed by atoms with E-state index in [1.165, 1.54) is 17.5 Å². The molecule has 1 aromatic rings. The van der Waals surface area contributed by atoms with Gasteiger partial charge in [-0.3, -0.25) is 9.59 Å². The second-order valence-corrected chi connectivity index (χ2v) is 6.50. The molecule has 126 valence electrons. The molecule has 0 fully saturated rings. The molecule has 1 amide bonds. The van der Waals surface area contributed by atoms with Crippen molar-refractivity contribution >= 4 is 11.7 Å². The minimum atomic E-state index is -0.340. The summed E-state index contributed by atoms with van der Waals surface area (Å²) >= 11 is 0. The maximum atomic E-state index is 12.3. The summed E-state index contributed by atoms with van der Waals surface area (Å²) in [5, 5.41) is 3.01. The maximum Gasteiger partial charge on any atom is 0.220 e. The van der Waals surface area contributed by atoms with Gasteiger partial charge < -0.3 is 11.1 Å². The number of rotatable bonds is 8. The first-order valence-electron chi connectivity index (χ1n) is 8.69. The van der Waals surface area contributed by atoms with Crippen LogP contribution >= 0.6 is 0 Å². The Morgan fingerprint density at radius 2 is 1.83 bits per heavy atom. The Kier molecular flexibility index (Phi) is 5.94. The zero-order chi connectivity index (χ0) is 16.9. The lowest BCUT2D eigenvalue weighted by molar-refractivity contribution is -0.123. The van der Waals surface area contributed by atoms with E-state index in [1.54, 1.807) is 0 Å². The summed E-state index contributed by atoms with van der Waals surface area (Å²) in [6.07, 6.45) is 5.40. The molecule has 0 aromatic heterocycles. The number of amides is 1. The minimum Gasteiger partial charge on any atom is -0.349 e. The molecule has 0 aliphatic heterocycles. The van der Waals surface area contributed by atoms with Crippen LogP contribution in [0.2, 0.25) is 0 Å². The van der Waals surface area contributed by atoms with Crippen LogP contribution in [0.5, 0.6) is 0 Å². The average molecular weight is 316 g/mol. The summed E-state index contributed by atoms with van der Waals surface area (Å²) in [4.78, 5) is 24.5. The molecular weight excluding hydrogens is 288 g/mol. The molecule has 23 heavy (non-hydrogen) atoms. The summed E-state index contributed by atoms with van der Waals surface area (Å²) in [7, 11) is 0. The lowest BCUT2D eigenvalue weighted by Gasteiger charge is -2.31. The van der Waals surface area contributed by atoms with Gasteiger partial charge in [0, 0.05) is 24.9 Å². The van der Waals surface area contributed by atoms with Crippen molar-refractivity contribution in [1.29, 1.82) is 0 Å². The number of hydrogen-bond acceptors (Lipinski definition) is 3. The topological polar surface area (TPSA) is 72.2 Å². The van der Waals surface area contributed by atoms with E-state index in [9.17, 15) is 9.59 Å². The average Bonchev–Trinajstić information content (AvgIpc) is 3.05. The number of Topliss-reactive ketones (excluding diaryl/α,β-unsaturated/α-hetero) is 1. The Hall–Kier alpha value is -1.68. The van der Waals surface area contributed by atoms with Crippen molar-refractivity contribution in [2.45, 2.75) is 64.3 Å². The van der Waals surface area contributed by atoms with Crippen LogP contribution in [0, 0.1) is 0 Å². The predicted octanol–water partition coefficient (Wildman–Crippen LogP) is 2.77. The third-order valence-corrected chi connectivity index (χ3v) is 5.15. The molecule has 0 radical (unpaired) electrons. The number of benzene rings is 1. The van der Waals surface area contributed by atoms with E-state index < -0.39 is 0 Å². The first-order valence-corrected chi connectivity index (χ1v) is 8.69. The molecule has 0 heterocycles. The van der Waals surface area contributed by atoms with E-state index >= 15 is 0 Å². The van der Waals surface area contributed by atoms with E-state index in [4.69, 9.17) is 5.73 Å². The van der Waals surface area contributed by atoms with Gasteiger partial charge in [-0.2, -0.15) is 0 Å². The quantitative estimate of drug-likeness (QED) is 0.724. The minimum absolute atomic E-state index is 0.0428. The van der Waals surface area contributed by atoms with E-state index in [1.807, 2.05) is 26.0 Å². The zero-order valence-electron chi connectivity index (χ0n) is 14.3. The molecular formula is C19H28N2O2. The molecule has 4 nitrogen and oxygen atoms in total. The first kappa shape index (κ1) is 17.7. The van der Waals surface area contributed by atoms with Crippen molar-refractivity contribution in [2.24, 2.45) is 5.73 Å². The van der Waals surface area contributed by atoms with E-state index in [-0.39, 0.29) is 30.1 Å². The largest absolute Gasteiger partial charge is 0.349 e. The molecule has 0 atom stereocenters.